The van der Waals surface area contributed by atoms with E-state index >= 15 is 0 Å². The third-order valence-corrected chi connectivity index (χ3v) is 4.17. The average Bonchev–Trinajstić information content (AvgIpc) is 1.95. The van der Waals surface area contributed by atoms with Gasteiger partial charge in [-0.2, -0.15) is 0 Å². The highest BCUT2D eigenvalue weighted by Gasteiger charge is 2.36. The Morgan fingerprint density at radius 2 is 2.00 bits per heavy atom. The minimum Gasteiger partial charge on any atom is -0.306 e. The molecule has 0 heterocycles. The first-order valence-electron chi connectivity index (χ1n) is 5.32. The van der Waals surface area contributed by atoms with Crippen molar-refractivity contribution >= 4 is 15.9 Å². The Labute approximate surface area is 91.0 Å². The summed E-state index contributed by atoms with van der Waals surface area (Å²) in [7, 11) is 2.25. The fraction of sp³-hybridized carbons (Fsp3) is 1.00. The van der Waals surface area contributed by atoms with E-state index in [1.165, 1.54) is 37.7 Å². The predicted molar refractivity (Wildman–Crippen MR) is 62.4 cm³/mol. The highest BCUT2D eigenvalue weighted by Crippen LogP contribution is 2.42. The van der Waals surface area contributed by atoms with Gasteiger partial charge in [-0.15, -0.1) is 0 Å². The highest BCUT2D eigenvalue weighted by atomic mass is 79.9. The Morgan fingerprint density at radius 3 is 2.31 bits per heavy atom. The molecule has 0 aromatic rings. The summed E-state index contributed by atoms with van der Waals surface area (Å²) >= 11 is 3.65. The van der Waals surface area contributed by atoms with E-state index in [-0.39, 0.29) is 0 Å². The van der Waals surface area contributed by atoms with Crippen LogP contribution in [0.1, 0.15) is 33.1 Å². The van der Waals surface area contributed by atoms with Crippen molar-refractivity contribution in [1.82, 2.24) is 4.90 Å². The molecule has 1 saturated carbocycles. The van der Waals surface area contributed by atoms with Crippen molar-refractivity contribution in [3.05, 3.63) is 0 Å². The molecule has 1 aliphatic rings. The SMILES string of the molecule is CC(C)CN(C)CC1(CBr)CCC1. The minimum atomic E-state index is 0.615. The molecule has 0 radical (unpaired) electrons. The Kier molecular flexibility index (Phi) is 4.24. The van der Waals surface area contributed by atoms with Gasteiger partial charge in [-0.3, -0.25) is 0 Å². The number of alkyl halides is 1. The number of nitrogens with zero attached hydrogens (tertiary/aromatic N) is 1. The molecule has 0 unspecified atom stereocenters. The van der Waals surface area contributed by atoms with Gasteiger partial charge >= 0.3 is 0 Å². The van der Waals surface area contributed by atoms with E-state index < -0.39 is 0 Å². The summed E-state index contributed by atoms with van der Waals surface area (Å²) in [6.45, 7) is 7.08. The van der Waals surface area contributed by atoms with Crippen LogP contribution in [0.25, 0.3) is 0 Å². The van der Waals surface area contributed by atoms with Crippen LogP contribution in [0.5, 0.6) is 0 Å². The Balaban J connectivity index is 2.29. The molecule has 0 spiro atoms. The van der Waals surface area contributed by atoms with E-state index in [1.807, 2.05) is 0 Å². The van der Waals surface area contributed by atoms with Gasteiger partial charge in [-0.25, -0.2) is 0 Å². The quantitative estimate of drug-likeness (QED) is 0.675. The van der Waals surface area contributed by atoms with Crippen molar-refractivity contribution in [3.8, 4) is 0 Å². The van der Waals surface area contributed by atoms with Crippen LogP contribution in [0, 0.1) is 11.3 Å². The number of hydrogen-bond acceptors (Lipinski definition) is 1. The maximum absolute atomic E-state index is 3.65. The molecule has 0 aliphatic heterocycles. The van der Waals surface area contributed by atoms with E-state index in [0.29, 0.717) is 5.41 Å². The fourth-order valence-corrected chi connectivity index (χ4v) is 3.01. The van der Waals surface area contributed by atoms with Crippen molar-refractivity contribution in [2.75, 3.05) is 25.5 Å². The zero-order chi connectivity index (χ0) is 9.90. The second-order valence-corrected chi connectivity index (χ2v) is 5.64. The molecule has 0 N–H and O–H groups in total. The summed E-state index contributed by atoms with van der Waals surface area (Å²) in [5.74, 6) is 0.789. The lowest BCUT2D eigenvalue weighted by atomic mass is 9.70. The first-order valence-corrected chi connectivity index (χ1v) is 6.45. The molecule has 1 aliphatic carbocycles. The molecule has 0 saturated heterocycles. The standard InChI is InChI=1S/C11H22BrN/c1-10(2)7-13(3)9-11(8-12)5-4-6-11/h10H,4-9H2,1-3H3. The molecule has 78 valence electrons. The molecule has 0 aromatic heterocycles. The minimum absolute atomic E-state index is 0.615. The van der Waals surface area contributed by atoms with E-state index in [1.54, 1.807) is 0 Å². The molecule has 1 rings (SSSR count). The summed E-state index contributed by atoms with van der Waals surface area (Å²) in [5.41, 5.74) is 0.615. The summed E-state index contributed by atoms with van der Waals surface area (Å²) in [6, 6.07) is 0. The summed E-state index contributed by atoms with van der Waals surface area (Å²) in [6.07, 6.45) is 4.27. The number of halogens is 1. The smallest absolute Gasteiger partial charge is 0.0100 e. The van der Waals surface area contributed by atoms with Gasteiger partial charge in [0.15, 0.2) is 0 Å². The van der Waals surface area contributed by atoms with Gasteiger partial charge in [0, 0.05) is 18.4 Å². The van der Waals surface area contributed by atoms with Crippen LogP contribution in [0.3, 0.4) is 0 Å². The van der Waals surface area contributed by atoms with Gasteiger partial charge in [-0.05, 0) is 31.2 Å². The fourth-order valence-electron chi connectivity index (χ4n) is 2.27. The van der Waals surface area contributed by atoms with E-state index in [4.69, 9.17) is 0 Å². The van der Waals surface area contributed by atoms with E-state index in [0.717, 1.165) is 5.92 Å². The molecule has 2 heteroatoms. The Hall–Kier alpha value is 0.440. The molecular weight excluding hydrogens is 226 g/mol. The van der Waals surface area contributed by atoms with Crippen molar-refractivity contribution in [2.45, 2.75) is 33.1 Å². The van der Waals surface area contributed by atoms with Crippen molar-refractivity contribution in [1.29, 1.82) is 0 Å². The zero-order valence-electron chi connectivity index (χ0n) is 9.15. The van der Waals surface area contributed by atoms with Gasteiger partial charge in [0.05, 0.1) is 0 Å². The van der Waals surface area contributed by atoms with Gasteiger partial charge in [0.25, 0.3) is 0 Å². The maximum atomic E-state index is 3.65. The van der Waals surface area contributed by atoms with Gasteiger partial charge in [0.1, 0.15) is 0 Å². The lowest BCUT2D eigenvalue weighted by molar-refractivity contribution is 0.0998. The molecule has 0 bridgehead atoms. The van der Waals surface area contributed by atoms with Crippen molar-refractivity contribution in [3.63, 3.8) is 0 Å². The third-order valence-electron chi connectivity index (χ3n) is 2.98. The lowest BCUT2D eigenvalue weighted by Gasteiger charge is -2.43. The Morgan fingerprint density at radius 1 is 1.38 bits per heavy atom. The molecule has 0 amide bonds. The van der Waals surface area contributed by atoms with Crippen LogP contribution in [0.4, 0.5) is 0 Å². The first-order chi connectivity index (χ1) is 6.08. The van der Waals surface area contributed by atoms with Gasteiger partial charge in [-0.1, -0.05) is 36.2 Å². The normalized spacial score (nSPS) is 20.8. The van der Waals surface area contributed by atoms with Crippen LogP contribution >= 0.6 is 15.9 Å². The summed E-state index contributed by atoms with van der Waals surface area (Å²) in [5, 5.41) is 1.18. The van der Waals surface area contributed by atoms with E-state index in [2.05, 4.69) is 41.7 Å². The van der Waals surface area contributed by atoms with Crippen LogP contribution in [-0.2, 0) is 0 Å². The summed E-state index contributed by atoms with van der Waals surface area (Å²) in [4.78, 5) is 2.49. The van der Waals surface area contributed by atoms with E-state index in [9.17, 15) is 0 Å². The lowest BCUT2D eigenvalue weighted by Crippen LogP contribution is -2.43. The van der Waals surface area contributed by atoms with Crippen LogP contribution in [-0.4, -0.2) is 30.4 Å². The first kappa shape index (κ1) is 11.5. The molecule has 1 nitrogen and oxygen atoms in total. The molecule has 0 atom stereocenters. The van der Waals surface area contributed by atoms with Crippen molar-refractivity contribution in [2.24, 2.45) is 11.3 Å². The molecule has 1 fully saturated rings. The number of rotatable bonds is 5. The molecule has 13 heavy (non-hydrogen) atoms. The zero-order valence-corrected chi connectivity index (χ0v) is 10.7. The predicted octanol–water partition coefficient (Wildman–Crippen LogP) is 3.14. The third kappa shape index (κ3) is 3.25. The topological polar surface area (TPSA) is 3.24 Å². The monoisotopic (exact) mass is 247 g/mol. The average molecular weight is 248 g/mol. The van der Waals surface area contributed by atoms with Crippen LogP contribution in [0.15, 0.2) is 0 Å². The van der Waals surface area contributed by atoms with Gasteiger partial charge < -0.3 is 4.90 Å². The summed E-state index contributed by atoms with van der Waals surface area (Å²) < 4.78 is 0. The Bertz CT molecular complexity index is 147. The van der Waals surface area contributed by atoms with Gasteiger partial charge in [0.2, 0.25) is 0 Å². The maximum Gasteiger partial charge on any atom is 0.0100 e. The highest BCUT2D eigenvalue weighted by molar-refractivity contribution is 9.09. The second kappa shape index (κ2) is 4.79. The van der Waals surface area contributed by atoms with Crippen LogP contribution in [0.2, 0.25) is 0 Å². The van der Waals surface area contributed by atoms with Crippen LogP contribution < -0.4 is 0 Å². The number of hydrogen-bond donors (Lipinski definition) is 0. The largest absolute Gasteiger partial charge is 0.306 e. The molecule has 0 aromatic carbocycles. The second-order valence-electron chi connectivity index (χ2n) is 5.08. The van der Waals surface area contributed by atoms with Crippen molar-refractivity contribution < 1.29 is 0 Å². The molecular formula is C11H22BrN.